The fourth-order valence-corrected chi connectivity index (χ4v) is 5.09. The van der Waals surface area contributed by atoms with Crippen LogP contribution in [0.2, 0.25) is 0 Å². The van der Waals surface area contributed by atoms with E-state index in [-0.39, 0.29) is 18.7 Å². The van der Waals surface area contributed by atoms with Crippen LogP contribution in [0.1, 0.15) is 50.7 Å². The molecule has 178 valence electrons. The van der Waals surface area contributed by atoms with Crippen molar-refractivity contribution in [2.24, 2.45) is 0 Å². The Balaban J connectivity index is 1.57. The van der Waals surface area contributed by atoms with E-state index >= 15 is 0 Å². The molecule has 4 aromatic rings. The van der Waals surface area contributed by atoms with Gasteiger partial charge in [0, 0.05) is 27.4 Å². The van der Waals surface area contributed by atoms with Gasteiger partial charge < -0.3 is 20.1 Å². The third kappa shape index (κ3) is 4.97. The lowest BCUT2D eigenvalue weighted by Crippen LogP contribution is -2.18. The largest absolute Gasteiger partial charge is 0.454 e. The van der Waals surface area contributed by atoms with E-state index in [1.807, 2.05) is 56.3 Å². The number of anilines is 2. The van der Waals surface area contributed by atoms with Gasteiger partial charge in [0.1, 0.15) is 5.00 Å². The quantitative estimate of drug-likeness (QED) is 0.338. The Bertz CT molecular complexity index is 1350. The van der Waals surface area contributed by atoms with E-state index in [0.717, 1.165) is 38.8 Å². The van der Waals surface area contributed by atoms with Crippen LogP contribution < -0.4 is 20.1 Å². The van der Waals surface area contributed by atoms with Gasteiger partial charge in [0.25, 0.3) is 5.91 Å². The monoisotopic (exact) mass is 486 g/mol. The van der Waals surface area contributed by atoms with Crippen molar-refractivity contribution in [2.75, 3.05) is 17.4 Å². The van der Waals surface area contributed by atoms with E-state index in [4.69, 9.17) is 9.47 Å². The molecule has 2 aromatic carbocycles. The molecule has 0 spiro atoms. The van der Waals surface area contributed by atoms with Crippen molar-refractivity contribution in [1.29, 1.82) is 0 Å². The summed E-state index contributed by atoms with van der Waals surface area (Å²) in [7, 11) is 0. The predicted octanol–water partition coefficient (Wildman–Crippen LogP) is 5.90. The lowest BCUT2D eigenvalue weighted by Gasteiger charge is -2.21. The summed E-state index contributed by atoms with van der Waals surface area (Å²) in [5.74, 6) is 1.78. The minimum Gasteiger partial charge on any atom is -0.454 e. The van der Waals surface area contributed by atoms with E-state index in [0.29, 0.717) is 23.0 Å². The Morgan fingerprint density at radius 1 is 1.00 bits per heavy atom. The molecule has 1 aliphatic rings. The topological polar surface area (TPSA) is 85.4 Å². The SMILES string of the molecule is CCc1cc([C@H](Nc2nc(C)cc(C)n2)c2ccc3c(c2)OCO3)c(NC(=O)c2ccccc2)s1. The van der Waals surface area contributed by atoms with Gasteiger partial charge in [0.05, 0.1) is 6.04 Å². The van der Waals surface area contributed by atoms with Gasteiger partial charge >= 0.3 is 0 Å². The number of fused-ring (bicyclic) bond motifs is 1. The molecule has 5 rings (SSSR count). The molecule has 0 bridgehead atoms. The Kier molecular flexibility index (Phi) is 6.37. The zero-order chi connectivity index (χ0) is 24.4. The number of carbonyl (C=O) groups is 1. The summed E-state index contributed by atoms with van der Waals surface area (Å²) in [6.07, 6.45) is 0.854. The summed E-state index contributed by atoms with van der Waals surface area (Å²) in [4.78, 5) is 23.4. The maximum atomic E-state index is 13.0. The zero-order valence-electron chi connectivity index (χ0n) is 19.8. The first kappa shape index (κ1) is 22.9. The summed E-state index contributed by atoms with van der Waals surface area (Å²) in [6.45, 7) is 6.20. The fraction of sp³-hybridized carbons (Fsp3) is 0.222. The number of hydrogen-bond donors (Lipinski definition) is 2. The van der Waals surface area contributed by atoms with Crippen LogP contribution in [0.3, 0.4) is 0 Å². The molecular formula is C27H26N4O3S. The Labute approximate surface area is 208 Å². The molecule has 0 radical (unpaired) electrons. The van der Waals surface area contributed by atoms with Gasteiger partial charge in [0.15, 0.2) is 11.5 Å². The third-order valence-corrected chi connectivity index (χ3v) is 6.93. The first-order valence-electron chi connectivity index (χ1n) is 11.5. The number of aryl methyl sites for hydroxylation is 3. The minimum atomic E-state index is -0.326. The molecule has 35 heavy (non-hydrogen) atoms. The van der Waals surface area contributed by atoms with Crippen LogP contribution in [-0.4, -0.2) is 22.7 Å². The highest BCUT2D eigenvalue weighted by molar-refractivity contribution is 7.16. The van der Waals surface area contributed by atoms with E-state index in [1.165, 1.54) is 0 Å². The smallest absolute Gasteiger partial charge is 0.256 e. The van der Waals surface area contributed by atoms with Gasteiger partial charge in [-0.3, -0.25) is 4.79 Å². The normalized spacial score (nSPS) is 12.9. The second kappa shape index (κ2) is 9.76. The average Bonchev–Trinajstić information content (AvgIpc) is 3.49. The number of nitrogens with zero attached hydrogens (tertiary/aromatic N) is 2. The van der Waals surface area contributed by atoms with E-state index in [9.17, 15) is 4.79 Å². The average molecular weight is 487 g/mol. The number of rotatable bonds is 7. The van der Waals surface area contributed by atoms with Crippen LogP contribution in [0.15, 0.2) is 60.7 Å². The maximum Gasteiger partial charge on any atom is 0.256 e. The van der Waals surface area contributed by atoms with Gasteiger partial charge in [-0.05, 0) is 62.2 Å². The lowest BCUT2D eigenvalue weighted by atomic mass is 9.99. The summed E-state index contributed by atoms with van der Waals surface area (Å²) in [6, 6.07) is 18.8. The fourth-order valence-electron chi connectivity index (χ4n) is 4.06. The zero-order valence-corrected chi connectivity index (χ0v) is 20.6. The van der Waals surface area contributed by atoms with Crippen molar-refractivity contribution in [2.45, 2.75) is 33.2 Å². The molecule has 8 heteroatoms. The predicted molar refractivity (Wildman–Crippen MR) is 138 cm³/mol. The van der Waals surface area contributed by atoms with Gasteiger partial charge in [0.2, 0.25) is 12.7 Å². The molecule has 3 heterocycles. The first-order chi connectivity index (χ1) is 17.0. The van der Waals surface area contributed by atoms with Gasteiger partial charge in [-0.15, -0.1) is 11.3 Å². The Hall–Kier alpha value is -3.91. The maximum absolute atomic E-state index is 13.0. The highest BCUT2D eigenvalue weighted by Crippen LogP contribution is 2.41. The lowest BCUT2D eigenvalue weighted by molar-refractivity contribution is 0.102. The van der Waals surface area contributed by atoms with Crippen molar-refractivity contribution < 1.29 is 14.3 Å². The van der Waals surface area contributed by atoms with Crippen molar-refractivity contribution in [3.63, 3.8) is 0 Å². The summed E-state index contributed by atoms with van der Waals surface area (Å²) >= 11 is 1.58. The molecule has 2 N–H and O–H groups in total. The number of hydrogen-bond acceptors (Lipinski definition) is 7. The number of amides is 1. The molecular weight excluding hydrogens is 460 g/mol. The highest BCUT2D eigenvalue weighted by Gasteiger charge is 2.25. The molecule has 1 amide bonds. The molecule has 0 saturated heterocycles. The second-order valence-electron chi connectivity index (χ2n) is 8.34. The number of benzene rings is 2. The van der Waals surface area contributed by atoms with Crippen LogP contribution in [0.25, 0.3) is 0 Å². The van der Waals surface area contributed by atoms with Crippen molar-refractivity contribution in [3.8, 4) is 11.5 Å². The van der Waals surface area contributed by atoms with Crippen LogP contribution >= 0.6 is 11.3 Å². The molecule has 0 fully saturated rings. The van der Waals surface area contributed by atoms with Crippen molar-refractivity contribution in [1.82, 2.24) is 9.97 Å². The molecule has 7 nitrogen and oxygen atoms in total. The van der Waals surface area contributed by atoms with Crippen LogP contribution in [0, 0.1) is 13.8 Å². The van der Waals surface area contributed by atoms with E-state index in [1.54, 1.807) is 23.5 Å². The van der Waals surface area contributed by atoms with Crippen LogP contribution in [0.5, 0.6) is 11.5 Å². The molecule has 1 atom stereocenters. The number of nitrogens with one attached hydrogen (secondary N) is 2. The molecule has 2 aromatic heterocycles. The van der Waals surface area contributed by atoms with Crippen LogP contribution in [-0.2, 0) is 6.42 Å². The van der Waals surface area contributed by atoms with E-state index in [2.05, 4.69) is 33.6 Å². The standard InChI is InChI=1S/C27H26N4O3S/c1-4-20-14-21(26(35-20)31-25(32)18-8-6-5-7-9-18)24(30-27-28-16(2)12-17(3)29-27)19-10-11-22-23(13-19)34-15-33-22/h5-14,24H,4,15H2,1-3H3,(H,31,32)(H,28,29,30)/t24-/m1/s1. The van der Waals surface area contributed by atoms with Gasteiger partial charge in [-0.25, -0.2) is 9.97 Å². The van der Waals surface area contributed by atoms with Crippen molar-refractivity contribution >= 4 is 28.2 Å². The molecule has 0 saturated carbocycles. The highest BCUT2D eigenvalue weighted by atomic mass is 32.1. The molecule has 0 unspecified atom stereocenters. The number of thiophene rings is 1. The second-order valence-corrected chi connectivity index (χ2v) is 9.47. The summed E-state index contributed by atoms with van der Waals surface area (Å²) in [5, 5.41) is 7.43. The summed E-state index contributed by atoms with van der Waals surface area (Å²) < 4.78 is 11.2. The Morgan fingerprint density at radius 2 is 1.74 bits per heavy atom. The number of carbonyl (C=O) groups excluding carboxylic acids is 1. The third-order valence-electron chi connectivity index (χ3n) is 5.72. The minimum absolute atomic E-state index is 0.150. The Morgan fingerprint density at radius 3 is 2.49 bits per heavy atom. The number of aromatic nitrogens is 2. The van der Waals surface area contributed by atoms with Gasteiger partial charge in [-0.2, -0.15) is 0 Å². The summed E-state index contributed by atoms with van der Waals surface area (Å²) in [5.41, 5.74) is 4.25. The molecule has 1 aliphatic heterocycles. The van der Waals surface area contributed by atoms with Crippen LogP contribution in [0.4, 0.5) is 10.9 Å². The van der Waals surface area contributed by atoms with E-state index < -0.39 is 0 Å². The first-order valence-corrected chi connectivity index (χ1v) is 12.3. The van der Waals surface area contributed by atoms with Crippen molar-refractivity contribution in [3.05, 3.63) is 93.6 Å². The van der Waals surface area contributed by atoms with Gasteiger partial charge in [-0.1, -0.05) is 31.2 Å². The molecule has 0 aliphatic carbocycles. The number of ether oxygens (including phenoxy) is 2.